The van der Waals surface area contributed by atoms with Crippen LogP contribution in [0.3, 0.4) is 0 Å². The Kier molecular flexibility index (Phi) is 2.51. The summed E-state index contributed by atoms with van der Waals surface area (Å²) in [5, 5.41) is 9.06. The van der Waals surface area contributed by atoms with Crippen LogP contribution in [0.25, 0.3) is 17.1 Å². The van der Waals surface area contributed by atoms with E-state index in [0.29, 0.717) is 11.4 Å². The zero-order valence-electron chi connectivity index (χ0n) is 11.2. The molecule has 0 amide bonds. The average Bonchev–Trinajstić information content (AvgIpc) is 2.50. The van der Waals surface area contributed by atoms with E-state index in [2.05, 4.69) is 28.2 Å². The SMILES string of the molecule is O=C(O)c1ccc2nc3c(nc2c1)C=C1C=CC=CC1C3. The highest BCUT2D eigenvalue weighted by Gasteiger charge is 2.21. The highest BCUT2D eigenvalue weighted by Crippen LogP contribution is 2.31. The number of allylic oxidation sites excluding steroid dienone is 5. The number of carbonyl (C=O) groups is 1. The van der Waals surface area contributed by atoms with Crippen molar-refractivity contribution in [3.63, 3.8) is 0 Å². The summed E-state index contributed by atoms with van der Waals surface area (Å²) in [5.74, 6) is -0.581. The van der Waals surface area contributed by atoms with Crippen LogP contribution in [0.15, 0.2) is 48.1 Å². The number of benzene rings is 1. The molecule has 1 aromatic heterocycles. The van der Waals surface area contributed by atoms with Crippen LogP contribution in [0.4, 0.5) is 0 Å². The van der Waals surface area contributed by atoms with Crippen LogP contribution in [-0.4, -0.2) is 21.0 Å². The van der Waals surface area contributed by atoms with Crippen LogP contribution in [0, 0.1) is 5.92 Å². The molecule has 2 aromatic rings. The van der Waals surface area contributed by atoms with Crippen molar-refractivity contribution in [2.75, 3.05) is 0 Å². The van der Waals surface area contributed by atoms with Crippen molar-refractivity contribution in [3.05, 3.63) is 65.0 Å². The lowest BCUT2D eigenvalue weighted by molar-refractivity contribution is 0.0697. The molecule has 1 atom stereocenters. The maximum absolute atomic E-state index is 11.0. The minimum Gasteiger partial charge on any atom is -0.478 e. The van der Waals surface area contributed by atoms with Gasteiger partial charge in [-0.1, -0.05) is 24.3 Å². The molecule has 0 saturated carbocycles. The Balaban J connectivity index is 1.89. The van der Waals surface area contributed by atoms with Gasteiger partial charge in [-0.05, 0) is 29.8 Å². The van der Waals surface area contributed by atoms with Gasteiger partial charge in [0.25, 0.3) is 0 Å². The Bertz CT molecular complexity index is 862. The molecule has 102 valence electrons. The van der Waals surface area contributed by atoms with Gasteiger partial charge in [0.15, 0.2) is 0 Å². The lowest BCUT2D eigenvalue weighted by Gasteiger charge is -2.22. The Morgan fingerprint density at radius 3 is 2.95 bits per heavy atom. The highest BCUT2D eigenvalue weighted by molar-refractivity contribution is 5.92. The van der Waals surface area contributed by atoms with E-state index in [1.807, 2.05) is 12.2 Å². The van der Waals surface area contributed by atoms with Gasteiger partial charge in [-0.25, -0.2) is 14.8 Å². The first-order valence-corrected chi connectivity index (χ1v) is 6.81. The summed E-state index contributed by atoms with van der Waals surface area (Å²) >= 11 is 0. The van der Waals surface area contributed by atoms with Crippen LogP contribution < -0.4 is 0 Å². The molecule has 0 radical (unpaired) electrons. The van der Waals surface area contributed by atoms with Gasteiger partial charge in [-0.3, -0.25) is 0 Å². The average molecular weight is 276 g/mol. The van der Waals surface area contributed by atoms with Gasteiger partial charge in [-0.2, -0.15) is 0 Å². The zero-order valence-corrected chi connectivity index (χ0v) is 11.2. The van der Waals surface area contributed by atoms with Gasteiger partial charge < -0.3 is 5.11 Å². The third kappa shape index (κ3) is 1.96. The topological polar surface area (TPSA) is 63.1 Å². The molecule has 1 unspecified atom stereocenters. The predicted octanol–water partition coefficient (Wildman–Crippen LogP) is 3.01. The maximum Gasteiger partial charge on any atom is 0.335 e. The van der Waals surface area contributed by atoms with E-state index in [0.717, 1.165) is 23.3 Å². The zero-order chi connectivity index (χ0) is 14.4. The van der Waals surface area contributed by atoms with E-state index in [1.165, 1.54) is 5.57 Å². The molecular formula is C17H12N2O2. The predicted molar refractivity (Wildman–Crippen MR) is 79.9 cm³/mol. The molecule has 1 aromatic carbocycles. The lowest BCUT2D eigenvalue weighted by atomic mass is 9.85. The Morgan fingerprint density at radius 2 is 2.10 bits per heavy atom. The molecule has 0 fully saturated rings. The summed E-state index contributed by atoms with van der Waals surface area (Å²) in [6.45, 7) is 0. The van der Waals surface area contributed by atoms with Crippen molar-refractivity contribution in [1.29, 1.82) is 0 Å². The molecule has 0 spiro atoms. The summed E-state index contributed by atoms with van der Waals surface area (Å²) in [4.78, 5) is 20.3. The summed E-state index contributed by atoms with van der Waals surface area (Å²) in [6.07, 6.45) is 11.2. The van der Waals surface area contributed by atoms with Gasteiger partial charge in [0.05, 0.1) is 28.0 Å². The van der Waals surface area contributed by atoms with Gasteiger partial charge in [-0.15, -0.1) is 0 Å². The molecule has 2 aliphatic carbocycles. The van der Waals surface area contributed by atoms with Crippen molar-refractivity contribution >= 4 is 23.1 Å². The van der Waals surface area contributed by atoms with Gasteiger partial charge in [0, 0.05) is 12.3 Å². The van der Waals surface area contributed by atoms with Crippen LogP contribution in [0.1, 0.15) is 21.7 Å². The first-order valence-electron chi connectivity index (χ1n) is 6.81. The number of rotatable bonds is 1. The van der Waals surface area contributed by atoms with Crippen molar-refractivity contribution in [1.82, 2.24) is 9.97 Å². The molecule has 0 saturated heterocycles. The fraction of sp³-hybridized carbons (Fsp3) is 0.118. The number of carboxylic acids is 1. The van der Waals surface area contributed by atoms with Gasteiger partial charge in [0.2, 0.25) is 0 Å². The minimum atomic E-state index is -0.949. The van der Waals surface area contributed by atoms with Crippen LogP contribution in [0.2, 0.25) is 0 Å². The summed E-state index contributed by atoms with van der Waals surface area (Å²) in [7, 11) is 0. The molecule has 21 heavy (non-hydrogen) atoms. The number of aromatic carboxylic acids is 1. The fourth-order valence-corrected chi connectivity index (χ4v) is 2.81. The van der Waals surface area contributed by atoms with Crippen molar-refractivity contribution < 1.29 is 9.90 Å². The molecule has 4 nitrogen and oxygen atoms in total. The number of nitrogens with zero attached hydrogens (tertiary/aromatic N) is 2. The second-order valence-electron chi connectivity index (χ2n) is 5.26. The van der Waals surface area contributed by atoms with Crippen LogP contribution in [-0.2, 0) is 6.42 Å². The molecular weight excluding hydrogens is 264 g/mol. The number of aromatic nitrogens is 2. The second-order valence-corrected chi connectivity index (χ2v) is 5.26. The molecule has 2 aliphatic rings. The number of fused-ring (bicyclic) bond motifs is 3. The van der Waals surface area contributed by atoms with E-state index < -0.39 is 5.97 Å². The molecule has 4 rings (SSSR count). The maximum atomic E-state index is 11.0. The third-order valence-corrected chi connectivity index (χ3v) is 3.90. The first-order chi connectivity index (χ1) is 10.2. The van der Waals surface area contributed by atoms with Crippen molar-refractivity contribution in [2.45, 2.75) is 6.42 Å². The largest absolute Gasteiger partial charge is 0.478 e. The molecule has 4 heteroatoms. The van der Waals surface area contributed by atoms with Crippen LogP contribution in [0.5, 0.6) is 0 Å². The number of hydrogen-bond donors (Lipinski definition) is 1. The normalized spacial score (nSPS) is 19.0. The first kappa shape index (κ1) is 12.0. The summed E-state index contributed by atoms with van der Waals surface area (Å²) in [6, 6.07) is 4.87. The number of hydrogen-bond acceptors (Lipinski definition) is 3. The Labute approximate surface area is 121 Å². The smallest absolute Gasteiger partial charge is 0.335 e. The third-order valence-electron chi connectivity index (χ3n) is 3.90. The molecule has 0 aliphatic heterocycles. The molecule has 0 bridgehead atoms. The second kappa shape index (κ2) is 4.38. The van der Waals surface area contributed by atoms with Crippen LogP contribution >= 0.6 is 0 Å². The number of carboxylic acid groups (broad SMARTS) is 1. The van der Waals surface area contributed by atoms with E-state index in [1.54, 1.807) is 18.2 Å². The lowest BCUT2D eigenvalue weighted by Crippen LogP contribution is -2.14. The van der Waals surface area contributed by atoms with E-state index in [9.17, 15) is 4.79 Å². The summed E-state index contributed by atoms with van der Waals surface area (Å²) < 4.78 is 0. The van der Waals surface area contributed by atoms with Crippen molar-refractivity contribution in [2.24, 2.45) is 5.92 Å². The highest BCUT2D eigenvalue weighted by atomic mass is 16.4. The van der Waals surface area contributed by atoms with E-state index in [-0.39, 0.29) is 5.56 Å². The Morgan fingerprint density at radius 1 is 1.19 bits per heavy atom. The monoisotopic (exact) mass is 276 g/mol. The quantitative estimate of drug-likeness (QED) is 0.869. The Hall–Kier alpha value is -2.75. The molecule has 1 N–H and O–H groups in total. The van der Waals surface area contributed by atoms with E-state index >= 15 is 0 Å². The van der Waals surface area contributed by atoms with Gasteiger partial charge >= 0.3 is 5.97 Å². The van der Waals surface area contributed by atoms with Gasteiger partial charge in [0.1, 0.15) is 0 Å². The summed E-state index contributed by atoms with van der Waals surface area (Å²) in [5.41, 5.74) is 4.65. The fourth-order valence-electron chi connectivity index (χ4n) is 2.81. The molecule has 1 heterocycles. The minimum absolute atomic E-state index is 0.235. The standard InChI is InChI=1S/C17H12N2O2/c20-17(21)12-5-6-13-14(9-12)19-16-8-11-4-2-1-3-10(11)7-15(16)18-13/h1-6,8-10H,7H2,(H,20,21). The van der Waals surface area contributed by atoms with Crippen molar-refractivity contribution in [3.8, 4) is 0 Å². The van der Waals surface area contributed by atoms with E-state index in [4.69, 9.17) is 5.11 Å².